The maximum atomic E-state index is 11.2. The number of hydrogen-bond acceptors (Lipinski definition) is 4. The van der Waals surface area contributed by atoms with E-state index < -0.39 is 0 Å². The van der Waals surface area contributed by atoms with Crippen LogP contribution in [0.1, 0.15) is 25.7 Å². The normalized spacial score (nSPS) is 10.2. The van der Waals surface area contributed by atoms with Crippen molar-refractivity contribution in [2.45, 2.75) is 25.7 Å². The van der Waals surface area contributed by atoms with Gasteiger partial charge < -0.3 is 16.0 Å². The molecule has 4 N–H and O–H groups in total. The van der Waals surface area contributed by atoms with E-state index in [2.05, 4.69) is 15.3 Å². The third-order valence-corrected chi connectivity index (χ3v) is 2.13. The number of rotatable bonds is 7. The lowest BCUT2D eigenvalue weighted by molar-refractivity contribution is 0.660. The summed E-state index contributed by atoms with van der Waals surface area (Å²) in [6.07, 6.45) is 7.48. The fourth-order valence-electron chi connectivity index (χ4n) is 1.31. The highest BCUT2D eigenvalue weighted by Crippen LogP contribution is 1.99. The number of H-pyrrole nitrogens is 1. The fraction of sp³-hybridized carbons (Fsp3) is 0.600. The number of aromatic nitrogens is 2. The van der Waals surface area contributed by atoms with E-state index in [0.29, 0.717) is 5.82 Å². The average molecular weight is 210 g/mol. The molecule has 5 heteroatoms. The van der Waals surface area contributed by atoms with Gasteiger partial charge in [0.05, 0.1) is 0 Å². The van der Waals surface area contributed by atoms with Crippen molar-refractivity contribution in [2.24, 2.45) is 5.73 Å². The summed E-state index contributed by atoms with van der Waals surface area (Å²) in [6.45, 7) is 1.54. The number of hydrogen-bond donors (Lipinski definition) is 3. The Balaban J connectivity index is 2.15. The Bertz CT molecular complexity index is 323. The summed E-state index contributed by atoms with van der Waals surface area (Å²) in [5.41, 5.74) is 5.22. The van der Waals surface area contributed by atoms with Gasteiger partial charge in [0.15, 0.2) is 5.82 Å². The minimum absolute atomic E-state index is 0.167. The average Bonchev–Trinajstić information content (AvgIpc) is 2.25. The van der Waals surface area contributed by atoms with Crippen LogP contribution in [0.25, 0.3) is 0 Å². The molecule has 0 bridgehead atoms. The Morgan fingerprint density at radius 3 is 2.87 bits per heavy atom. The van der Waals surface area contributed by atoms with E-state index in [-0.39, 0.29) is 5.56 Å². The molecule has 0 fully saturated rings. The molecule has 0 unspecified atom stereocenters. The van der Waals surface area contributed by atoms with Crippen molar-refractivity contribution < 1.29 is 0 Å². The van der Waals surface area contributed by atoms with E-state index in [0.717, 1.165) is 38.8 Å². The quantitative estimate of drug-likeness (QED) is 0.578. The number of nitrogens with one attached hydrogen (secondary N) is 2. The van der Waals surface area contributed by atoms with E-state index in [1.165, 1.54) is 6.20 Å². The topological polar surface area (TPSA) is 83.8 Å². The molecule has 0 aliphatic heterocycles. The van der Waals surface area contributed by atoms with Gasteiger partial charge in [0.25, 0.3) is 5.56 Å². The Morgan fingerprint density at radius 2 is 2.13 bits per heavy atom. The van der Waals surface area contributed by atoms with Crippen LogP contribution in [-0.4, -0.2) is 23.1 Å². The molecule has 0 saturated heterocycles. The molecule has 1 aromatic heterocycles. The van der Waals surface area contributed by atoms with Crippen LogP contribution in [0.5, 0.6) is 0 Å². The number of nitrogens with two attached hydrogens (primary N) is 1. The lowest BCUT2D eigenvalue weighted by atomic mass is 10.2. The summed E-state index contributed by atoms with van der Waals surface area (Å²) in [7, 11) is 0. The molecule has 0 amide bonds. The smallest absolute Gasteiger partial charge is 0.290 e. The van der Waals surface area contributed by atoms with Crippen LogP contribution in [0, 0.1) is 0 Å². The van der Waals surface area contributed by atoms with Gasteiger partial charge in [-0.1, -0.05) is 12.8 Å². The largest absolute Gasteiger partial charge is 0.365 e. The van der Waals surface area contributed by atoms with Gasteiger partial charge >= 0.3 is 0 Å². The van der Waals surface area contributed by atoms with Crippen LogP contribution in [0.15, 0.2) is 17.2 Å². The van der Waals surface area contributed by atoms with E-state index in [1.807, 2.05) is 0 Å². The Hall–Kier alpha value is -1.36. The van der Waals surface area contributed by atoms with Gasteiger partial charge in [-0.3, -0.25) is 4.79 Å². The van der Waals surface area contributed by atoms with Crippen molar-refractivity contribution >= 4 is 5.82 Å². The fourth-order valence-corrected chi connectivity index (χ4v) is 1.31. The molecular weight excluding hydrogens is 192 g/mol. The van der Waals surface area contributed by atoms with E-state index >= 15 is 0 Å². The summed E-state index contributed by atoms with van der Waals surface area (Å²) in [6, 6.07) is 0. The molecule has 84 valence electrons. The highest BCUT2D eigenvalue weighted by molar-refractivity contribution is 5.29. The summed E-state index contributed by atoms with van der Waals surface area (Å²) in [5.74, 6) is 0.399. The van der Waals surface area contributed by atoms with Gasteiger partial charge in [-0.05, 0) is 19.4 Å². The van der Waals surface area contributed by atoms with Crippen LogP contribution in [0.3, 0.4) is 0 Å². The van der Waals surface area contributed by atoms with E-state index in [1.54, 1.807) is 6.20 Å². The maximum absolute atomic E-state index is 11.2. The van der Waals surface area contributed by atoms with Gasteiger partial charge in [0, 0.05) is 18.9 Å². The zero-order valence-electron chi connectivity index (χ0n) is 8.83. The minimum Gasteiger partial charge on any atom is -0.365 e. The molecule has 5 nitrogen and oxygen atoms in total. The van der Waals surface area contributed by atoms with Gasteiger partial charge in [0.2, 0.25) is 0 Å². The molecule has 0 atom stereocenters. The lowest BCUT2D eigenvalue weighted by Crippen LogP contribution is -2.16. The zero-order valence-corrected chi connectivity index (χ0v) is 8.83. The zero-order chi connectivity index (χ0) is 10.9. The van der Waals surface area contributed by atoms with Crippen molar-refractivity contribution in [3.8, 4) is 0 Å². The first-order valence-corrected chi connectivity index (χ1v) is 5.32. The molecule has 1 heterocycles. The first kappa shape index (κ1) is 11.7. The first-order valence-electron chi connectivity index (χ1n) is 5.32. The third kappa shape index (κ3) is 4.60. The molecule has 0 aliphatic carbocycles. The lowest BCUT2D eigenvalue weighted by Gasteiger charge is -2.03. The minimum atomic E-state index is -0.167. The predicted octanol–water partition coefficient (Wildman–Crippen LogP) is 0.701. The number of unbranched alkanes of at least 4 members (excludes halogenated alkanes) is 3. The second-order valence-electron chi connectivity index (χ2n) is 3.40. The molecule has 0 radical (unpaired) electrons. The standard InChI is InChI=1S/C10H18N4O/c11-5-3-1-2-4-6-12-9-10(15)14-8-7-13-9/h7-8H,1-6,11H2,(H,12,13)(H,14,15). The van der Waals surface area contributed by atoms with Crippen molar-refractivity contribution in [3.05, 3.63) is 22.7 Å². The molecule has 0 saturated carbocycles. The third-order valence-electron chi connectivity index (χ3n) is 2.13. The monoisotopic (exact) mass is 210 g/mol. The second kappa shape index (κ2) is 7.00. The highest BCUT2D eigenvalue weighted by atomic mass is 16.1. The summed E-state index contributed by atoms with van der Waals surface area (Å²) < 4.78 is 0. The Labute approximate surface area is 89.1 Å². The molecule has 0 spiro atoms. The molecule has 1 aromatic rings. The summed E-state index contributed by atoms with van der Waals surface area (Å²) in [4.78, 5) is 17.7. The van der Waals surface area contributed by atoms with Crippen molar-refractivity contribution in [3.63, 3.8) is 0 Å². The predicted molar refractivity (Wildman–Crippen MR) is 60.9 cm³/mol. The second-order valence-corrected chi connectivity index (χ2v) is 3.40. The molecule has 0 aromatic carbocycles. The molecule has 1 rings (SSSR count). The molecule has 15 heavy (non-hydrogen) atoms. The maximum Gasteiger partial charge on any atom is 0.290 e. The van der Waals surface area contributed by atoms with Gasteiger partial charge in [-0.25, -0.2) is 4.98 Å². The van der Waals surface area contributed by atoms with Gasteiger partial charge in [-0.2, -0.15) is 0 Å². The Kier molecular flexibility index (Phi) is 5.47. The van der Waals surface area contributed by atoms with Crippen LogP contribution in [0.2, 0.25) is 0 Å². The van der Waals surface area contributed by atoms with Crippen LogP contribution < -0.4 is 16.6 Å². The van der Waals surface area contributed by atoms with E-state index in [9.17, 15) is 4.79 Å². The Morgan fingerprint density at radius 1 is 1.33 bits per heavy atom. The van der Waals surface area contributed by atoms with Gasteiger partial charge in [0.1, 0.15) is 0 Å². The summed E-state index contributed by atoms with van der Waals surface area (Å²) in [5, 5.41) is 3.00. The van der Waals surface area contributed by atoms with Crippen LogP contribution >= 0.6 is 0 Å². The van der Waals surface area contributed by atoms with Crippen LogP contribution in [-0.2, 0) is 0 Å². The summed E-state index contributed by atoms with van der Waals surface area (Å²) >= 11 is 0. The van der Waals surface area contributed by atoms with Gasteiger partial charge in [-0.15, -0.1) is 0 Å². The van der Waals surface area contributed by atoms with E-state index in [4.69, 9.17) is 5.73 Å². The van der Waals surface area contributed by atoms with Crippen molar-refractivity contribution in [1.82, 2.24) is 9.97 Å². The number of nitrogens with zero attached hydrogens (tertiary/aromatic N) is 1. The SMILES string of the molecule is NCCCCCCNc1ncc[nH]c1=O. The highest BCUT2D eigenvalue weighted by Gasteiger charge is 1.97. The molecule has 0 aliphatic rings. The van der Waals surface area contributed by atoms with Crippen LogP contribution in [0.4, 0.5) is 5.82 Å². The number of anilines is 1. The van der Waals surface area contributed by atoms with Crippen molar-refractivity contribution in [2.75, 3.05) is 18.4 Å². The van der Waals surface area contributed by atoms with Crippen molar-refractivity contribution in [1.29, 1.82) is 0 Å². The molecular formula is C10H18N4O. The first-order chi connectivity index (χ1) is 7.34. The number of aromatic amines is 1.